The Balaban J connectivity index is 1.93. The molecule has 0 aromatic carbocycles. The zero-order valence-corrected chi connectivity index (χ0v) is 14.1. The number of rotatable bonds is 7. The molecule has 2 N–H and O–H groups in total. The van der Waals surface area contributed by atoms with E-state index in [9.17, 15) is 14.4 Å². The molecule has 1 aliphatic heterocycles. The second-order valence-electron chi connectivity index (χ2n) is 6.04. The molecule has 1 saturated heterocycles. The molecule has 0 radical (unpaired) electrons. The highest BCUT2D eigenvalue weighted by Gasteiger charge is 2.25. The molecule has 1 atom stereocenters. The molecule has 1 aromatic rings. The number of nitrogens with zero attached hydrogens (tertiary/aromatic N) is 2. The third-order valence-electron chi connectivity index (χ3n) is 3.53. The number of aromatic nitrogens is 1. The lowest BCUT2D eigenvalue weighted by Crippen LogP contribution is -2.42. The summed E-state index contributed by atoms with van der Waals surface area (Å²) < 4.78 is 0. The molecule has 1 unspecified atom stereocenters. The molecule has 1 fully saturated rings. The van der Waals surface area contributed by atoms with Gasteiger partial charge in [-0.25, -0.2) is 9.78 Å². The van der Waals surface area contributed by atoms with Gasteiger partial charge in [0.25, 0.3) is 0 Å². The van der Waals surface area contributed by atoms with E-state index in [0.29, 0.717) is 30.2 Å². The number of anilines is 1. The summed E-state index contributed by atoms with van der Waals surface area (Å²) in [6.07, 6.45) is 1.75. The van der Waals surface area contributed by atoms with Crippen LogP contribution in [0.1, 0.15) is 38.8 Å². The SMILES string of the molecule is CC(C)CC(NC(=O)Cc1csc(N2CCCC2=O)n1)C(=O)O. The maximum atomic E-state index is 12.0. The second kappa shape index (κ2) is 7.54. The minimum atomic E-state index is -1.03. The van der Waals surface area contributed by atoms with E-state index in [4.69, 9.17) is 5.11 Å². The summed E-state index contributed by atoms with van der Waals surface area (Å²) in [7, 11) is 0. The number of carbonyl (C=O) groups excluding carboxylic acids is 2. The molecule has 2 amide bonds. The fourth-order valence-electron chi connectivity index (χ4n) is 2.45. The van der Waals surface area contributed by atoms with Crippen molar-refractivity contribution in [2.75, 3.05) is 11.4 Å². The molecule has 126 valence electrons. The largest absolute Gasteiger partial charge is 0.480 e. The number of amides is 2. The molecule has 2 heterocycles. The van der Waals surface area contributed by atoms with Crippen LogP contribution in [0, 0.1) is 5.92 Å². The lowest BCUT2D eigenvalue weighted by Gasteiger charge is -2.16. The molecule has 0 aliphatic carbocycles. The average molecular weight is 339 g/mol. The second-order valence-corrected chi connectivity index (χ2v) is 6.87. The summed E-state index contributed by atoms with van der Waals surface area (Å²) in [6, 6.07) is -0.888. The van der Waals surface area contributed by atoms with Crippen molar-refractivity contribution in [3.63, 3.8) is 0 Å². The molecule has 7 nitrogen and oxygen atoms in total. The van der Waals surface area contributed by atoms with Gasteiger partial charge in [-0.15, -0.1) is 11.3 Å². The third kappa shape index (κ3) is 4.75. The number of thiazole rings is 1. The number of hydrogen-bond acceptors (Lipinski definition) is 5. The predicted octanol–water partition coefficient (Wildman–Crippen LogP) is 1.43. The van der Waals surface area contributed by atoms with E-state index in [1.807, 2.05) is 13.8 Å². The van der Waals surface area contributed by atoms with Gasteiger partial charge >= 0.3 is 5.97 Å². The van der Waals surface area contributed by atoms with Crippen molar-refractivity contribution < 1.29 is 19.5 Å². The Morgan fingerprint density at radius 1 is 1.48 bits per heavy atom. The van der Waals surface area contributed by atoms with Gasteiger partial charge in [-0.05, 0) is 18.8 Å². The first-order chi connectivity index (χ1) is 10.9. The number of nitrogens with one attached hydrogen (secondary N) is 1. The van der Waals surface area contributed by atoms with E-state index in [-0.39, 0.29) is 24.2 Å². The zero-order chi connectivity index (χ0) is 17.0. The quantitative estimate of drug-likeness (QED) is 0.783. The van der Waals surface area contributed by atoms with E-state index in [0.717, 1.165) is 6.42 Å². The van der Waals surface area contributed by atoms with Crippen LogP contribution in [-0.2, 0) is 20.8 Å². The van der Waals surface area contributed by atoms with Crippen molar-refractivity contribution in [3.05, 3.63) is 11.1 Å². The smallest absolute Gasteiger partial charge is 0.326 e. The average Bonchev–Trinajstić information content (AvgIpc) is 3.06. The van der Waals surface area contributed by atoms with Crippen LogP contribution in [0.15, 0.2) is 5.38 Å². The van der Waals surface area contributed by atoms with Gasteiger partial charge in [0.05, 0.1) is 12.1 Å². The highest BCUT2D eigenvalue weighted by molar-refractivity contribution is 7.14. The van der Waals surface area contributed by atoms with Crippen molar-refractivity contribution in [1.29, 1.82) is 0 Å². The van der Waals surface area contributed by atoms with Gasteiger partial charge < -0.3 is 10.4 Å². The topological polar surface area (TPSA) is 99.6 Å². The number of carboxylic acids is 1. The van der Waals surface area contributed by atoms with Crippen molar-refractivity contribution in [2.24, 2.45) is 5.92 Å². The van der Waals surface area contributed by atoms with E-state index < -0.39 is 12.0 Å². The van der Waals surface area contributed by atoms with Crippen LogP contribution in [0.5, 0.6) is 0 Å². The van der Waals surface area contributed by atoms with Gasteiger partial charge in [0.1, 0.15) is 6.04 Å². The first-order valence-corrected chi connectivity index (χ1v) is 8.51. The van der Waals surface area contributed by atoms with Crippen LogP contribution < -0.4 is 10.2 Å². The van der Waals surface area contributed by atoms with E-state index in [1.165, 1.54) is 11.3 Å². The summed E-state index contributed by atoms with van der Waals surface area (Å²) >= 11 is 1.33. The third-order valence-corrected chi connectivity index (χ3v) is 4.44. The molecule has 0 spiro atoms. The maximum absolute atomic E-state index is 12.0. The lowest BCUT2D eigenvalue weighted by molar-refractivity contribution is -0.142. The number of hydrogen-bond donors (Lipinski definition) is 2. The van der Waals surface area contributed by atoms with Gasteiger partial charge in [0.2, 0.25) is 11.8 Å². The summed E-state index contributed by atoms with van der Waals surface area (Å²) in [5, 5.41) is 14.0. The Morgan fingerprint density at radius 3 is 2.78 bits per heavy atom. The zero-order valence-electron chi connectivity index (χ0n) is 13.2. The monoisotopic (exact) mass is 339 g/mol. The van der Waals surface area contributed by atoms with E-state index in [1.54, 1.807) is 10.3 Å². The molecule has 1 aliphatic rings. The fourth-order valence-corrected chi connectivity index (χ4v) is 3.32. The Hall–Kier alpha value is -1.96. The van der Waals surface area contributed by atoms with Gasteiger partial charge in [0.15, 0.2) is 5.13 Å². The van der Waals surface area contributed by atoms with Crippen LogP contribution in [0.2, 0.25) is 0 Å². The molecule has 0 bridgehead atoms. The first-order valence-electron chi connectivity index (χ1n) is 7.63. The summed E-state index contributed by atoms with van der Waals surface area (Å²) in [4.78, 5) is 40.8. The molecular formula is C15H21N3O4S. The van der Waals surface area contributed by atoms with Gasteiger partial charge in [-0.2, -0.15) is 0 Å². The predicted molar refractivity (Wildman–Crippen MR) is 86.4 cm³/mol. The molecular weight excluding hydrogens is 318 g/mol. The first kappa shape index (κ1) is 17.4. The van der Waals surface area contributed by atoms with Crippen LogP contribution >= 0.6 is 11.3 Å². The molecule has 2 rings (SSSR count). The summed E-state index contributed by atoms with van der Waals surface area (Å²) in [5.74, 6) is -1.18. The summed E-state index contributed by atoms with van der Waals surface area (Å²) in [6.45, 7) is 4.47. The normalized spacial score (nSPS) is 16.0. The van der Waals surface area contributed by atoms with Crippen LogP contribution in [0.3, 0.4) is 0 Å². The van der Waals surface area contributed by atoms with Crippen molar-refractivity contribution in [2.45, 2.75) is 45.6 Å². The molecule has 0 saturated carbocycles. The Morgan fingerprint density at radius 2 is 2.22 bits per heavy atom. The Bertz CT molecular complexity index is 599. The van der Waals surface area contributed by atoms with Gasteiger partial charge in [-0.3, -0.25) is 14.5 Å². The molecule has 1 aromatic heterocycles. The van der Waals surface area contributed by atoms with Crippen LogP contribution in [0.25, 0.3) is 0 Å². The molecule has 23 heavy (non-hydrogen) atoms. The van der Waals surface area contributed by atoms with Crippen molar-refractivity contribution in [3.8, 4) is 0 Å². The maximum Gasteiger partial charge on any atom is 0.326 e. The van der Waals surface area contributed by atoms with E-state index in [2.05, 4.69) is 10.3 Å². The van der Waals surface area contributed by atoms with E-state index >= 15 is 0 Å². The minimum Gasteiger partial charge on any atom is -0.480 e. The number of aliphatic carboxylic acids is 1. The number of carbonyl (C=O) groups is 3. The standard InChI is InChI=1S/C15H21N3O4S/c1-9(2)6-11(14(21)22)17-12(19)7-10-8-23-15(16-10)18-5-3-4-13(18)20/h8-9,11H,3-7H2,1-2H3,(H,17,19)(H,21,22). The number of carboxylic acid groups (broad SMARTS) is 1. The van der Waals surface area contributed by atoms with Gasteiger partial charge in [-0.1, -0.05) is 13.8 Å². The fraction of sp³-hybridized carbons (Fsp3) is 0.600. The van der Waals surface area contributed by atoms with Crippen molar-refractivity contribution in [1.82, 2.24) is 10.3 Å². The van der Waals surface area contributed by atoms with Crippen molar-refractivity contribution >= 4 is 34.3 Å². The minimum absolute atomic E-state index is 0.0143. The lowest BCUT2D eigenvalue weighted by atomic mass is 10.0. The van der Waals surface area contributed by atoms with Crippen LogP contribution in [-0.4, -0.2) is 40.5 Å². The van der Waals surface area contributed by atoms with Gasteiger partial charge in [0, 0.05) is 18.3 Å². The van der Waals surface area contributed by atoms with Crippen LogP contribution in [0.4, 0.5) is 5.13 Å². The summed E-state index contributed by atoms with van der Waals surface area (Å²) in [5.41, 5.74) is 0.552. The highest BCUT2D eigenvalue weighted by atomic mass is 32.1. The Labute approximate surface area is 138 Å². The molecule has 8 heteroatoms. The highest BCUT2D eigenvalue weighted by Crippen LogP contribution is 2.25. The Kier molecular flexibility index (Phi) is 5.70.